The van der Waals surface area contributed by atoms with Gasteiger partial charge in [0.2, 0.25) is 0 Å². The molecule has 0 fully saturated rings. The highest BCUT2D eigenvalue weighted by Crippen LogP contribution is 2.29. The van der Waals surface area contributed by atoms with Crippen LogP contribution in [0.25, 0.3) is 11.0 Å². The van der Waals surface area contributed by atoms with Gasteiger partial charge in [-0.2, -0.15) is 0 Å². The van der Waals surface area contributed by atoms with E-state index in [1.165, 1.54) is 12.1 Å². The van der Waals surface area contributed by atoms with Gasteiger partial charge in [0.1, 0.15) is 0 Å². The van der Waals surface area contributed by atoms with Gasteiger partial charge in [-0.05, 0) is 23.8 Å². The molecule has 0 spiro atoms. The third kappa shape index (κ3) is 2.79. The number of nitro groups is 1. The van der Waals surface area contributed by atoms with Crippen molar-refractivity contribution in [1.82, 2.24) is 5.16 Å². The molecule has 24 heavy (non-hydrogen) atoms. The van der Waals surface area contributed by atoms with E-state index in [1.54, 1.807) is 18.2 Å². The van der Waals surface area contributed by atoms with Crippen LogP contribution in [0.4, 0.5) is 11.5 Å². The molecule has 0 aliphatic carbocycles. The van der Waals surface area contributed by atoms with E-state index in [0.29, 0.717) is 17.5 Å². The van der Waals surface area contributed by atoms with Crippen molar-refractivity contribution in [3.05, 3.63) is 58.1 Å². The van der Waals surface area contributed by atoms with Gasteiger partial charge in [-0.3, -0.25) is 14.8 Å². The van der Waals surface area contributed by atoms with Crippen molar-refractivity contribution >= 4 is 32.5 Å². The molecule has 9 nitrogen and oxygen atoms in total. The number of aromatic nitrogens is 1. The zero-order valence-corrected chi connectivity index (χ0v) is 13.0. The van der Waals surface area contributed by atoms with Crippen LogP contribution in [-0.4, -0.2) is 18.5 Å². The Morgan fingerprint density at radius 2 is 2.00 bits per heavy atom. The summed E-state index contributed by atoms with van der Waals surface area (Å²) in [4.78, 5) is 9.81. The van der Waals surface area contributed by atoms with Gasteiger partial charge in [0.05, 0.1) is 10.3 Å². The largest absolute Gasteiger partial charge is 0.354 e. The van der Waals surface area contributed by atoms with E-state index in [2.05, 4.69) is 9.88 Å². The lowest BCUT2D eigenvalue weighted by Crippen LogP contribution is -2.15. The summed E-state index contributed by atoms with van der Waals surface area (Å²) in [6.45, 7) is 0.300. The number of benzene rings is 2. The van der Waals surface area contributed by atoms with E-state index in [0.717, 1.165) is 17.7 Å². The third-order valence-electron chi connectivity index (χ3n) is 3.35. The Morgan fingerprint density at radius 1 is 1.25 bits per heavy atom. The van der Waals surface area contributed by atoms with Crippen molar-refractivity contribution in [3.8, 4) is 0 Å². The topological polar surface area (TPSA) is 141 Å². The van der Waals surface area contributed by atoms with Crippen LogP contribution in [0, 0.1) is 10.1 Å². The van der Waals surface area contributed by atoms with Crippen LogP contribution >= 0.6 is 0 Å². The Kier molecular flexibility index (Phi) is 3.91. The number of sulfonamides is 1. The van der Waals surface area contributed by atoms with Gasteiger partial charge in [-0.15, -0.1) is 0 Å². The van der Waals surface area contributed by atoms with Crippen molar-refractivity contribution in [1.29, 1.82) is 0 Å². The first-order valence-corrected chi connectivity index (χ1v) is 8.25. The third-order valence-corrected chi connectivity index (χ3v) is 4.74. The van der Waals surface area contributed by atoms with Crippen LogP contribution in [0.1, 0.15) is 5.56 Å². The molecule has 3 aromatic rings. The molecule has 0 aliphatic rings. The van der Waals surface area contributed by atoms with E-state index in [9.17, 15) is 18.5 Å². The number of anilines is 1. The minimum atomic E-state index is -4.20. The fourth-order valence-electron chi connectivity index (χ4n) is 2.20. The van der Waals surface area contributed by atoms with Gasteiger partial charge in [0.25, 0.3) is 15.7 Å². The number of para-hydroxylation sites is 1. The maximum atomic E-state index is 12.5. The average Bonchev–Trinajstić information content (AvgIpc) is 2.96. The van der Waals surface area contributed by atoms with Gasteiger partial charge in [-0.25, -0.2) is 8.42 Å². The minimum Gasteiger partial charge on any atom is -0.354 e. The highest BCUT2D eigenvalue weighted by molar-refractivity contribution is 7.92. The van der Waals surface area contributed by atoms with E-state index in [4.69, 9.17) is 10.3 Å². The SMILES string of the molecule is NCc1ccc2c(NS(=O)(=O)c3ccccc3[N+](=O)[O-])noc2c1. The van der Waals surface area contributed by atoms with Gasteiger partial charge in [0, 0.05) is 12.6 Å². The van der Waals surface area contributed by atoms with Crippen LogP contribution in [0.2, 0.25) is 0 Å². The van der Waals surface area contributed by atoms with Gasteiger partial charge >= 0.3 is 0 Å². The molecule has 0 saturated carbocycles. The summed E-state index contributed by atoms with van der Waals surface area (Å²) in [6.07, 6.45) is 0. The maximum absolute atomic E-state index is 12.5. The highest BCUT2D eigenvalue weighted by atomic mass is 32.2. The number of nitrogens with zero attached hydrogens (tertiary/aromatic N) is 2. The standard InChI is InChI=1S/C14H12N4O5S/c15-8-9-5-6-10-12(7-9)23-16-14(10)17-24(21,22)13-4-2-1-3-11(13)18(19)20/h1-7H,8,15H2,(H,16,17). The quantitative estimate of drug-likeness (QED) is 0.530. The molecule has 0 saturated heterocycles. The molecule has 1 heterocycles. The fourth-order valence-corrected chi connectivity index (χ4v) is 3.39. The Morgan fingerprint density at radius 3 is 2.71 bits per heavy atom. The van der Waals surface area contributed by atoms with Crippen LogP contribution in [0.5, 0.6) is 0 Å². The molecule has 2 aromatic carbocycles. The van der Waals surface area contributed by atoms with Crippen LogP contribution in [0.15, 0.2) is 51.9 Å². The lowest BCUT2D eigenvalue weighted by molar-refractivity contribution is -0.387. The average molecular weight is 348 g/mol. The smallest absolute Gasteiger partial charge is 0.289 e. The van der Waals surface area contributed by atoms with E-state index < -0.39 is 25.5 Å². The predicted molar refractivity (Wildman–Crippen MR) is 85.8 cm³/mol. The zero-order chi connectivity index (χ0) is 17.3. The second-order valence-corrected chi connectivity index (χ2v) is 6.55. The molecule has 0 bridgehead atoms. The first kappa shape index (κ1) is 15.9. The van der Waals surface area contributed by atoms with E-state index in [-0.39, 0.29) is 5.82 Å². The molecular weight excluding hydrogens is 336 g/mol. The summed E-state index contributed by atoms with van der Waals surface area (Å²) >= 11 is 0. The number of nitrogens with one attached hydrogen (secondary N) is 1. The molecule has 0 amide bonds. The van der Waals surface area contributed by atoms with Crippen molar-refractivity contribution in [2.45, 2.75) is 11.4 Å². The molecule has 0 radical (unpaired) electrons. The Bertz CT molecular complexity index is 1030. The van der Waals surface area contributed by atoms with Gasteiger partial charge < -0.3 is 10.3 Å². The summed E-state index contributed by atoms with van der Waals surface area (Å²) in [5, 5.41) is 15.1. The Hall–Kier alpha value is -2.98. The monoisotopic (exact) mass is 348 g/mol. The van der Waals surface area contributed by atoms with Crippen LogP contribution < -0.4 is 10.5 Å². The molecule has 1 aromatic heterocycles. The van der Waals surface area contributed by atoms with Crippen molar-refractivity contribution in [3.63, 3.8) is 0 Å². The highest BCUT2D eigenvalue weighted by Gasteiger charge is 2.26. The zero-order valence-electron chi connectivity index (χ0n) is 12.2. The molecule has 3 rings (SSSR count). The molecule has 0 unspecified atom stereocenters. The Balaban J connectivity index is 2.03. The summed E-state index contributed by atoms with van der Waals surface area (Å²) in [5.41, 5.74) is 6.17. The van der Waals surface area contributed by atoms with E-state index >= 15 is 0 Å². The molecule has 3 N–H and O–H groups in total. The first-order chi connectivity index (χ1) is 11.4. The van der Waals surface area contributed by atoms with E-state index in [1.807, 2.05) is 0 Å². The minimum absolute atomic E-state index is 0.0493. The van der Waals surface area contributed by atoms with Crippen molar-refractivity contribution in [2.24, 2.45) is 5.73 Å². The summed E-state index contributed by atoms with van der Waals surface area (Å²) < 4.78 is 32.3. The normalized spacial score (nSPS) is 11.5. The van der Waals surface area contributed by atoms with Crippen LogP contribution in [0.3, 0.4) is 0 Å². The fraction of sp³-hybridized carbons (Fsp3) is 0.0714. The lowest BCUT2D eigenvalue weighted by Gasteiger charge is -2.06. The number of rotatable bonds is 5. The lowest BCUT2D eigenvalue weighted by atomic mass is 10.2. The number of nitro benzene ring substituents is 1. The van der Waals surface area contributed by atoms with Gasteiger partial charge in [-0.1, -0.05) is 23.4 Å². The Labute approximate surface area is 136 Å². The predicted octanol–water partition coefficient (Wildman–Crippen LogP) is 2.00. The second-order valence-electron chi connectivity index (χ2n) is 4.90. The second kappa shape index (κ2) is 5.91. The molecular formula is C14H12N4O5S. The summed E-state index contributed by atoms with van der Waals surface area (Å²) in [7, 11) is -4.20. The molecule has 0 atom stereocenters. The van der Waals surface area contributed by atoms with Crippen molar-refractivity contribution in [2.75, 3.05) is 4.72 Å². The van der Waals surface area contributed by atoms with Crippen molar-refractivity contribution < 1.29 is 17.9 Å². The summed E-state index contributed by atoms with van der Waals surface area (Å²) in [6, 6.07) is 10.0. The number of fused-ring (bicyclic) bond motifs is 1. The summed E-state index contributed by atoms with van der Waals surface area (Å²) in [5.74, 6) is -0.0493. The molecule has 10 heteroatoms. The van der Waals surface area contributed by atoms with Gasteiger partial charge in [0.15, 0.2) is 16.3 Å². The molecule has 124 valence electrons. The number of hydrogen-bond acceptors (Lipinski definition) is 7. The number of hydrogen-bond donors (Lipinski definition) is 2. The number of nitrogens with two attached hydrogens (primary N) is 1. The maximum Gasteiger partial charge on any atom is 0.289 e. The van der Waals surface area contributed by atoms with Crippen LogP contribution in [-0.2, 0) is 16.6 Å². The molecule has 0 aliphatic heterocycles. The first-order valence-electron chi connectivity index (χ1n) is 6.77.